The summed E-state index contributed by atoms with van der Waals surface area (Å²) in [5.41, 5.74) is 2.64. The Kier molecular flexibility index (Phi) is 25.3. The summed E-state index contributed by atoms with van der Waals surface area (Å²) in [4.78, 5) is 52.6. The molecule has 7 nitrogen and oxygen atoms in total. The number of nitrogens with zero attached hydrogens (tertiary/aromatic N) is 1. The van der Waals surface area contributed by atoms with E-state index in [1.807, 2.05) is 26.2 Å². The number of esters is 2. The maximum atomic E-state index is 13.4. The van der Waals surface area contributed by atoms with Gasteiger partial charge in [0, 0.05) is 40.7 Å². The first-order chi connectivity index (χ1) is 28.6. The minimum atomic E-state index is -0.595. The van der Waals surface area contributed by atoms with Crippen molar-refractivity contribution in [2.45, 2.75) is 206 Å². The predicted octanol–water partition coefficient (Wildman–Crippen LogP) is 13.5. The summed E-state index contributed by atoms with van der Waals surface area (Å²) >= 11 is 0. The molecule has 1 aliphatic carbocycles. The maximum Gasteiger partial charge on any atom is 0.306 e. The molecule has 330 valence electrons. The minimum absolute atomic E-state index is 0.0251. The average molecular weight is 817 g/mol. The second-order valence-electron chi connectivity index (χ2n) is 18.1. The topological polar surface area (TPSA) is 86.7 Å². The van der Waals surface area contributed by atoms with Crippen LogP contribution in [0.1, 0.15) is 231 Å². The molecule has 0 fully saturated rings. The van der Waals surface area contributed by atoms with Gasteiger partial charge in [-0.1, -0.05) is 198 Å². The molecule has 3 rings (SSSR count). The second kappa shape index (κ2) is 29.8. The zero-order valence-corrected chi connectivity index (χ0v) is 37.9. The van der Waals surface area contributed by atoms with Gasteiger partial charge in [-0.2, -0.15) is 0 Å². The average Bonchev–Trinajstić information content (AvgIpc) is 3.22. The van der Waals surface area contributed by atoms with Crippen LogP contribution in [0.2, 0.25) is 0 Å². The third-order valence-electron chi connectivity index (χ3n) is 12.0. The fourth-order valence-corrected chi connectivity index (χ4v) is 8.56. The number of likely N-dealkylation sites (N-methyl/N-ethyl adjacent to an activating group) is 1. The van der Waals surface area contributed by atoms with Crippen LogP contribution in [0.25, 0.3) is 0 Å². The van der Waals surface area contributed by atoms with Gasteiger partial charge in [0.05, 0.1) is 14.1 Å². The molecule has 1 atom stereocenters. The molecular formula is C52H82NO6+. The highest BCUT2D eigenvalue weighted by atomic mass is 16.6. The number of hydrogen-bond donors (Lipinski definition) is 0. The maximum absolute atomic E-state index is 13.4. The molecule has 0 bridgehead atoms. The van der Waals surface area contributed by atoms with Gasteiger partial charge in [0.2, 0.25) is 0 Å². The van der Waals surface area contributed by atoms with E-state index < -0.39 is 6.10 Å². The van der Waals surface area contributed by atoms with Gasteiger partial charge in [0.25, 0.3) is 0 Å². The van der Waals surface area contributed by atoms with Gasteiger partial charge in [-0.25, -0.2) is 0 Å². The summed E-state index contributed by atoms with van der Waals surface area (Å²) in [5, 5.41) is 0. The Morgan fingerprint density at radius 1 is 0.508 bits per heavy atom. The molecule has 1 unspecified atom stereocenters. The molecule has 0 spiro atoms. The summed E-state index contributed by atoms with van der Waals surface area (Å²) in [7, 11) is 4.09. The molecule has 2 aromatic rings. The molecule has 0 heterocycles. The Morgan fingerprint density at radius 2 is 0.898 bits per heavy atom. The lowest BCUT2D eigenvalue weighted by Gasteiger charge is -2.33. The first kappa shape index (κ1) is 50.0. The van der Waals surface area contributed by atoms with Gasteiger partial charge in [-0.15, -0.1) is 0 Å². The number of unbranched alkanes of at least 4 members (excludes halogenated alkanes) is 24. The van der Waals surface area contributed by atoms with Gasteiger partial charge in [-0.3, -0.25) is 19.2 Å². The van der Waals surface area contributed by atoms with Gasteiger partial charge in [-0.05, 0) is 25.0 Å². The Hall–Kier alpha value is -3.32. The van der Waals surface area contributed by atoms with Crippen molar-refractivity contribution in [2.75, 3.05) is 27.2 Å². The van der Waals surface area contributed by atoms with Crippen LogP contribution < -0.4 is 0 Å². The highest BCUT2D eigenvalue weighted by molar-refractivity contribution is 6.28. The van der Waals surface area contributed by atoms with E-state index in [0.29, 0.717) is 52.7 Å². The van der Waals surface area contributed by atoms with E-state index in [-0.39, 0.29) is 30.1 Å². The molecule has 0 saturated heterocycles. The van der Waals surface area contributed by atoms with Crippen LogP contribution in [0, 0.1) is 0 Å². The molecule has 7 heteroatoms. The minimum Gasteiger partial charge on any atom is -0.461 e. The van der Waals surface area contributed by atoms with Crippen molar-refractivity contribution in [2.24, 2.45) is 0 Å². The highest BCUT2D eigenvalue weighted by Gasteiger charge is 2.31. The van der Waals surface area contributed by atoms with Crippen molar-refractivity contribution >= 4 is 23.5 Å². The first-order valence-corrected chi connectivity index (χ1v) is 24.1. The van der Waals surface area contributed by atoms with Crippen LogP contribution in [0.5, 0.6) is 0 Å². The van der Waals surface area contributed by atoms with Crippen molar-refractivity contribution in [1.82, 2.24) is 0 Å². The molecule has 2 aromatic carbocycles. The van der Waals surface area contributed by atoms with E-state index >= 15 is 0 Å². The first-order valence-electron chi connectivity index (χ1n) is 24.1. The van der Waals surface area contributed by atoms with Crippen LogP contribution in [-0.4, -0.2) is 61.3 Å². The quantitative estimate of drug-likeness (QED) is 0.0334. The predicted molar refractivity (Wildman–Crippen MR) is 242 cm³/mol. The van der Waals surface area contributed by atoms with E-state index in [2.05, 4.69) is 13.8 Å². The molecule has 0 aliphatic heterocycles. The van der Waals surface area contributed by atoms with Crippen molar-refractivity contribution < 1.29 is 33.1 Å². The number of quaternary nitrogens is 1. The third-order valence-corrected chi connectivity index (χ3v) is 12.0. The molecule has 0 saturated carbocycles. The Bertz CT molecular complexity index is 1510. The lowest BCUT2D eigenvalue weighted by atomic mass is 9.83. The molecule has 0 radical (unpaired) electrons. The van der Waals surface area contributed by atoms with E-state index in [9.17, 15) is 19.2 Å². The van der Waals surface area contributed by atoms with Gasteiger partial charge in [0.15, 0.2) is 17.7 Å². The number of rotatable bonds is 35. The fourth-order valence-electron chi connectivity index (χ4n) is 8.56. The second-order valence-corrected chi connectivity index (χ2v) is 18.1. The summed E-state index contributed by atoms with van der Waals surface area (Å²) in [6, 6.07) is 12.5. The largest absolute Gasteiger partial charge is 0.461 e. The third kappa shape index (κ3) is 20.7. The monoisotopic (exact) mass is 817 g/mol. The number of ether oxygens (including phenoxy) is 2. The number of benzene rings is 2. The fraction of sp³-hybridized carbons (Fsp3) is 0.692. The lowest BCUT2D eigenvalue weighted by molar-refractivity contribution is -0.906. The van der Waals surface area contributed by atoms with Crippen molar-refractivity contribution in [3.8, 4) is 0 Å². The van der Waals surface area contributed by atoms with Crippen LogP contribution in [0.4, 0.5) is 0 Å². The van der Waals surface area contributed by atoms with Gasteiger partial charge >= 0.3 is 11.9 Å². The van der Waals surface area contributed by atoms with E-state index in [1.165, 1.54) is 128 Å². The Labute approximate surface area is 359 Å². The molecule has 0 aromatic heterocycles. The molecule has 59 heavy (non-hydrogen) atoms. The van der Waals surface area contributed by atoms with Crippen LogP contribution in [-0.2, 0) is 25.6 Å². The van der Waals surface area contributed by atoms with Crippen molar-refractivity contribution in [3.05, 3.63) is 70.3 Å². The lowest BCUT2D eigenvalue weighted by Crippen LogP contribution is -2.47. The zero-order valence-electron chi connectivity index (χ0n) is 37.9. The normalized spacial score (nSPS) is 12.9. The number of ketones is 2. The smallest absolute Gasteiger partial charge is 0.306 e. The van der Waals surface area contributed by atoms with Crippen LogP contribution in [0.3, 0.4) is 0 Å². The van der Waals surface area contributed by atoms with E-state index in [1.54, 1.807) is 30.3 Å². The molecule has 0 amide bonds. The van der Waals surface area contributed by atoms with Gasteiger partial charge < -0.3 is 14.0 Å². The number of fused-ring (bicyclic) bond motifs is 2. The number of hydrogen-bond acceptors (Lipinski definition) is 6. The van der Waals surface area contributed by atoms with Crippen molar-refractivity contribution in [3.63, 3.8) is 0 Å². The standard InChI is InChI=1S/C52H82NO6/c1-5-7-9-11-13-15-17-19-21-23-25-27-29-35-49(54)58-42-44(59-50(55)36-30-28-26-24-22-20-18-16-14-12-10-8-6-2)41-53(3,4)40-43-37-38-47-48(39-43)52(57)46-34-32-31-33-45(46)51(47)56/h31-34,37-39,44H,5-30,35-36,40-42H2,1-4H3/q+1. The SMILES string of the molecule is CCCCCCCCCCCCCCCC(=O)OCC(C[N+](C)(C)Cc1ccc2c(c1)C(=O)c1ccccc1C2=O)OC(=O)CCCCCCCCCCCCCCC. The number of carbonyl (C=O) groups excluding carboxylic acids is 4. The highest BCUT2D eigenvalue weighted by Crippen LogP contribution is 2.29. The molecule has 1 aliphatic rings. The molecule has 0 N–H and O–H groups in total. The zero-order chi connectivity index (χ0) is 42.6. The Balaban J connectivity index is 1.44. The van der Waals surface area contributed by atoms with E-state index in [4.69, 9.17) is 9.47 Å². The Morgan fingerprint density at radius 3 is 1.36 bits per heavy atom. The van der Waals surface area contributed by atoms with Crippen LogP contribution >= 0.6 is 0 Å². The number of carbonyl (C=O) groups is 4. The summed E-state index contributed by atoms with van der Waals surface area (Å²) in [5.74, 6) is -0.763. The van der Waals surface area contributed by atoms with Crippen molar-refractivity contribution in [1.29, 1.82) is 0 Å². The molecular weight excluding hydrogens is 735 g/mol. The van der Waals surface area contributed by atoms with Gasteiger partial charge in [0.1, 0.15) is 19.7 Å². The summed E-state index contributed by atoms with van der Waals surface area (Å²) in [6.45, 7) is 5.52. The van der Waals surface area contributed by atoms with Crippen LogP contribution in [0.15, 0.2) is 42.5 Å². The van der Waals surface area contributed by atoms with E-state index in [0.717, 1.165) is 44.1 Å². The summed E-state index contributed by atoms with van der Waals surface area (Å²) < 4.78 is 12.2. The summed E-state index contributed by atoms with van der Waals surface area (Å²) in [6.07, 6.45) is 32.6.